The van der Waals surface area contributed by atoms with Crippen LogP contribution < -0.4 is 5.32 Å². The van der Waals surface area contributed by atoms with Gasteiger partial charge in [-0.15, -0.1) is 0 Å². The SMILES string of the molecule is CC(C)(O)C(C)(C)Nc1ccc([N+](=O)[O-])c2cnccc12. The number of non-ortho nitro benzene ring substituents is 1. The second-order valence-corrected chi connectivity index (χ2v) is 6.12. The van der Waals surface area contributed by atoms with E-state index in [1.807, 2.05) is 13.8 Å². The Balaban J connectivity index is 2.57. The largest absolute Gasteiger partial charge is 0.388 e. The minimum atomic E-state index is -0.964. The predicted octanol–water partition coefficient (Wildman–Crippen LogP) is 3.10. The van der Waals surface area contributed by atoms with Crippen LogP contribution in [-0.4, -0.2) is 26.2 Å². The number of hydrogen-bond acceptors (Lipinski definition) is 5. The summed E-state index contributed by atoms with van der Waals surface area (Å²) in [5.41, 5.74) is -0.831. The number of pyridine rings is 1. The number of benzene rings is 1. The molecule has 112 valence electrons. The predicted molar refractivity (Wildman–Crippen MR) is 82.4 cm³/mol. The van der Waals surface area contributed by atoms with Crippen LogP contribution in [0.1, 0.15) is 27.7 Å². The molecule has 0 fully saturated rings. The number of nitrogens with zero attached hydrogens (tertiary/aromatic N) is 2. The average molecular weight is 289 g/mol. The highest BCUT2D eigenvalue weighted by molar-refractivity contribution is 5.99. The fourth-order valence-corrected chi connectivity index (χ4v) is 1.93. The minimum Gasteiger partial charge on any atom is -0.388 e. The number of rotatable bonds is 4. The maximum atomic E-state index is 11.1. The van der Waals surface area contributed by atoms with E-state index in [0.717, 1.165) is 5.69 Å². The van der Waals surface area contributed by atoms with Gasteiger partial charge in [0.2, 0.25) is 0 Å². The standard InChI is InChI=1S/C15H19N3O3/c1-14(2,15(3,4)19)17-12-5-6-13(18(20)21)11-9-16-8-7-10(11)12/h5-9,17,19H,1-4H3. The summed E-state index contributed by atoms with van der Waals surface area (Å²) >= 11 is 0. The van der Waals surface area contributed by atoms with Crippen molar-refractivity contribution in [2.45, 2.75) is 38.8 Å². The molecule has 1 heterocycles. The van der Waals surface area contributed by atoms with E-state index < -0.39 is 16.1 Å². The van der Waals surface area contributed by atoms with E-state index in [-0.39, 0.29) is 5.69 Å². The van der Waals surface area contributed by atoms with E-state index in [0.29, 0.717) is 10.8 Å². The van der Waals surface area contributed by atoms with Crippen LogP contribution in [0.25, 0.3) is 10.8 Å². The van der Waals surface area contributed by atoms with Crippen molar-refractivity contribution in [1.29, 1.82) is 0 Å². The number of anilines is 1. The number of nitro groups is 1. The molecule has 2 N–H and O–H groups in total. The second kappa shape index (κ2) is 4.96. The van der Waals surface area contributed by atoms with Gasteiger partial charge in [0.1, 0.15) is 0 Å². The Bertz CT molecular complexity index is 690. The highest BCUT2D eigenvalue weighted by atomic mass is 16.6. The van der Waals surface area contributed by atoms with Gasteiger partial charge in [0.15, 0.2) is 0 Å². The first-order valence-corrected chi connectivity index (χ1v) is 6.65. The van der Waals surface area contributed by atoms with Gasteiger partial charge in [-0.3, -0.25) is 15.1 Å². The summed E-state index contributed by atoms with van der Waals surface area (Å²) in [7, 11) is 0. The van der Waals surface area contributed by atoms with Crippen LogP contribution in [0.4, 0.5) is 11.4 Å². The van der Waals surface area contributed by atoms with Crippen LogP contribution in [0.2, 0.25) is 0 Å². The normalized spacial score (nSPS) is 12.4. The number of aromatic nitrogens is 1. The Labute approximate surface area is 123 Å². The van der Waals surface area contributed by atoms with Crippen molar-refractivity contribution in [2.75, 3.05) is 5.32 Å². The monoisotopic (exact) mass is 289 g/mol. The molecule has 2 rings (SSSR count). The molecule has 6 heteroatoms. The average Bonchev–Trinajstić information content (AvgIpc) is 2.37. The van der Waals surface area contributed by atoms with Crippen LogP contribution in [0.15, 0.2) is 30.6 Å². The molecule has 0 bridgehead atoms. The smallest absolute Gasteiger partial charge is 0.278 e. The van der Waals surface area contributed by atoms with Crippen molar-refractivity contribution in [3.63, 3.8) is 0 Å². The van der Waals surface area contributed by atoms with E-state index in [2.05, 4.69) is 10.3 Å². The number of nitrogens with one attached hydrogen (secondary N) is 1. The number of nitro benzene ring substituents is 1. The molecule has 0 aliphatic rings. The van der Waals surface area contributed by atoms with Gasteiger partial charge in [0.05, 0.1) is 21.4 Å². The molecule has 0 aliphatic heterocycles. The third-order valence-electron chi connectivity index (χ3n) is 3.97. The minimum absolute atomic E-state index is 0.0183. The Kier molecular flexibility index (Phi) is 3.59. The lowest BCUT2D eigenvalue weighted by Gasteiger charge is -2.39. The maximum Gasteiger partial charge on any atom is 0.278 e. The van der Waals surface area contributed by atoms with Crippen LogP contribution in [0, 0.1) is 10.1 Å². The molecule has 2 aromatic rings. The lowest BCUT2D eigenvalue weighted by molar-refractivity contribution is -0.383. The van der Waals surface area contributed by atoms with Crippen molar-refractivity contribution < 1.29 is 10.0 Å². The Morgan fingerprint density at radius 1 is 1.19 bits per heavy atom. The molecular weight excluding hydrogens is 270 g/mol. The lowest BCUT2D eigenvalue weighted by Crippen LogP contribution is -2.51. The summed E-state index contributed by atoms with van der Waals surface area (Å²) in [6.07, 6.45) is 3.07. The molecule has 0 aliphatic carbocycles. The molecule has 0 saturated heterocycles. The Hall–Kier alpha value is -2.21. The van der Waals surface area contributed by atoms with Gasteiger partial charge in [0, 0.05) is 29.5 Å². The van der Waals surface area contributed by atoms with Crippen LogP contribution in [0.5, 0.6) is 0 Å². The van der Waals surface area contributed by atoms with Crippen LogP contribution in [-0.2, 0) is 0 Å². The van der Waals surface area contributed by atoms with E-state index in [1.165, 1.54) is 12.3 Å². The molecule has 0 saturated carbocycles. The molecule has 0 atom stereocenters. The fraction of sp³-hybridized carbons (Fsp3) is 0.400. The van der Waals surface area contributed by atoms with E-state index in [4.69, 9.17) is 0 Å². The van der Waals surface area contributed by atoms with Gasteiger partial charge >= 0.3 is 0 Å². The van der Waals surface area contributed by atoms with Crippen molar-refractivity contribution in [3.05, 3.63) is 40.7 Å². The van der Waals surface area contributed by atoms with Gasteiger partial charge in [-0.1, -0.05) is 0 Å². The summed E-state index contributed by atoms with van der Waals surface area (Å²) < 4.78 is 0. The van der Waals surface area contributed by atoms with Crippen molar-refractivity contribution in [2.24, 2.45) is 0 Å². The molecular formula is C15H19N3O3. The third-order valence-corrected chi connectivity index (χ3v) is 3.97. The van der Waals surface area contributed by atoms with Gasteiger partial charge < -0.3 is 10.4 Å². The molecule has 1 aromatic heterocycles. The molecule has 0 spiro atoms. The summed E-state index contributed by atoms with van der Waals surface area (Å²) in [6, 6.07) is 4.84. The van der Waals surface area contributed by atoms with E-state index in [9.17, 15) is 15.2 Å². The van der Waals surface area contributed by atoms with Crippen LogP contribution >= 0.6 is 0 Å². The first-order chi connectivity index (χ1) is 9.63. The Morgan fingerprint density at radius 3 is 2.43 bits per heavy atom. The first kappa shape index (κ1) is 15.2. The molecule has 0 amide bonds. The number of hydrogen-bond donors (Lipinski definition) is 2. The molecule has 0 radical (unpaired) electrons. The maximum absolute atomic E-state index is 11.1. The summed E-state index contributed by atoms with van der Waals surface area (Å²) in [4.78, 5) is 14.6. The number of aliphatic hydroxyl groups is 1. The van der Waals surface area contributed by atoms with Crippen LogP contribution in [0.3, 0.4) is 0 Å². The van der Waals surface area contributed by atoms with Gasteiger partial charge in [-0.2, -0.15) is 0 Å². The number of fused-ring (bicyclic) bond motifs is 1. The lowest BCUT2D eigenvalue weighted by atomic mass is 9.85. The Morgan fingerprint density at radius 2 is 1.86 bits per heavy atom. The quantitative estimate of drug-likeness (QED) is 0.667. The zero-order valence-corrected chi connectivity index (χ0v) is 12.5. The van der Waals surface area contributed by atoms with Crippen molar-refractivity contribution in [1.82, 2.24) is 4.98 Å². The second-order valence-electron chi connectivity index (χ2n) is 6.12. The molecule has 6 nitrogen and oxygen atoms in total. The van der Waals surface area contributed by atoms with Gasteiger partial charge in [-0.25, -0.2) is 0 Å². The summed E-state index contributed by atoms with van der Waals surface area (Å²) in [5, 5.41) is 25.8. The van der Waals surface area contributed by atoms with E-state index in [1.54, 1.807) is 32.2 Å². The summed E-state index contributed by atoms with van der Waals surface area (Å²) in [5.74, 6) is 0. The van der Waals surface area contributed by atoms with Crippen molar-refractivity contribution in [3.8, 4) is 0 Å². The zero-order valence-electron chi connectivity index (χ0n) is 12.5. The fourth-order valence-electron chi connectivity index (χ4n) is 1.93. The summed E-state index contributed by atoms with van der Waals surface area (Å²) in [6.45, 7) is 7.19. The van der Waals surface area contributed by atoms with Gasteiger partial charge in [0.25, 0.3) is 5.69 Å². The van der Waals surface area contributed by atoms with E-state index >= 15 is 0 Å². The molecule has 1 aromatic carbocycles. The van der Waals surface area contributed by atoms with Crippen molar-refractivity contribution >= 4 is 22.1 Å². The third kappa shape index (κ3) is 2.80. The zero-order chi connectivity index (χ0) is 15.8. The molecule has 21 heavy (non-hydrogen) atoms. The van der Waals surface area contributed by atoms with Gasteiger partial charge in [-0.05, 0) is 39.8 Å². The highest BCUT2D eigenvalue weighted by Crippen LogP contribution is 2.34. The highest BCUT2D eigenvalue weighted by Gasteiger charge is 2.35. The topological polar surface area (TPSA) is 88.3 Å². The molecule has 0 unspecified atom stereocenters. The first-order valence-electron chi connectivity index (χ1n) is 6.65.